The van der Waals surface area contributed by atoms with E-state index in [2.05, 4.69) is 10.3 Å². The predicted octanol–water partition coefficient (Wildman–Crippen LogP) is 0.265. The Labute approximate surface area is 106 Å². The normalized spacial score (nSPS) is 13.4. The van der Waals surface area contributed by atoms with Crippen molar-refractivity contribution in [2.24, 2.45) is 23.9 Å². The van der Waals surface area contributed by atoms with E-state index < -0.39 is 0 Å². The van der Waals surface area contributed by atoms with Gasteiger partial charge in [-0.2, -0.15) is 5.10 Å². The van der Waals surface area contributed by atoms with Gasteiger partial charge in [-0.25, -0.2) is 0 Å². The van der Waals surface area contributed by atoms with Crippen molar-refractivity contribution in [3.8, 4) is 0 Å². The standard InChI is InChI=1S/C11H19N5O2/c1-4-16(7-8(2)10(12)14-18)11(17)9-5-6-15(3)13-9/h5-6,8,18H,4,7H2,1-3H3,(H2,12,14). The van der Waals surface area contributed by atoms with Crippen molar-refractivity contribution in [2.45, 2.75) is 13.8 Å². The molecule has 0 saturated carbocycles. The molecule has 0 fully saturated rings. The average Bonchev–Trinajstić information content (AvgIpc) is 2.80. The molecule has 1 unspecified atom stereocenters. The van der Waals surface area contributed by atoms with Crippen LogP contribution in [0.4, 0.5) is 0 Å². The molecule has 1 atom stereocenters. The molecule has 0 aliphatic heterocycles. The Morgan fingerprint density at radius 1 is 1.72 bits per heavy atom. The zero-order valence-electron chi connectivity index (χ0n) is 10.9. The Morgan fingerprint density at radius 3 is 2.83 bits per heavy atom. The third-order valence-electron chi connectivity index (χ3n) is 2.72. The molecule has 0 bridgehead atoms. The number of amidine groups is 1. The SMILES string of the molecule is CCN(CC(C)/C(N)=N/O)C(=O)c1ccn(C)n1. The number of rotatable bonds is 5. The van der Waals surface area contributed by atoms with E-state index in [9.17, 15) is 4.79 Å². The maximum atomic E-state index is 12.1. The van der Waals surface area contributed by atoms with Crippen LogP contribution in [0, 0.1) is 5.92 Å². The molecule has 18 heavy (non-hydrogen) atoms. The van der Waals surface area contributed by atoms with Crippen LogP contribution < -0.4 is 5.73 Å². The van der Waals surface area contributed by atoms with Crippen LogP contribution in [0.3, 0.4) is 0 Å². The number of amides is 1. The fraction of sp³-hybridized carbons (Fsp3) is 0.545. The highest BCUT2D eigenvalue weighted by molar-refractivity contribution is 5.92. The maximum absolute atomic E-state index is 12.1. The van der Waals surface area contributed by atoms with Crippen LogP contribution in [0.1, 0.15) is 24.3 Å². The molecule has 100 valence electrons. The molecule has 1 amide bonds. The van der Waals surface area contributed by atoms with Gasteiger partial charge in [-0.05, 0) is 13.0 Å². The Bertz CT molecular complexity index is 440. The molecule has 3 N–H and O–H groups in total. The largest absolute Gasteiger partial charge is 0.409 e. The van der Waals surface area contributed by atoms with Crippen molar-refractivity contribution >= 4 is 11.7 Å². The smallest absolute Gasteiger partial charge is 0.274 e. The number of nitrogens with zero attached hydrogens (tertiary/aromatic N) is 4. The monoisotopic (exact) mass is 253 g/mol. The molecule has 1 rings (SSSR count). The number of nitrogens with two attached hydrogens (primary N) is 1. The first-order valence-electron chi connectivity index (χ1n) is 5.75. The molecule has 0 radical (unpaired) electrons. The molecule has 1 aromatic heterocycles. The lowest BCUT2D eigenvalue weighted by atomic mass is 10.1. The van der Waals surface area contributed by atoms with Crippen molar-refractivity contribution in [1.82, 2.24) is 14.7 Å². The van der Waals surface area contributed by atoms with Gasteiger partial charge in [0.2, 0.25) is 0 Å². The first kappa shape index (κ1) is 14.0. The average molecular weight is 253 g/mol. The van der Waals surface area contributed by atoms with Gasteiger partial charge in [-0.3, -0.25) is 9.48 Å². The molecule has 0 spiro atoms. The number of hydrogen-bond acceptors (Lipinski definition) is 4. The van der Waals surface area contributed by atoms with Crippen molar-refractivity contribution in [2.75, 3.05) is 13.1 Å². The third-order valence-corrected chi connectivity index (χ3v) is 2.72. The summed E-state index contributed by atoms with van der Waals surface area (Å²) in [7, 11) is 1.76. The summed E-state index contributed by atoms with van der Waals surface area (Å²) < 4.78 is 1.58. The minimum absolute atomic E-state index is 0.113. The number of oxime groups is 1. The number of carbonyl (C=O) groups is 1. The first-order chi connectivity index (χ1) is 8.49. The second kappa shape index (κ2) is 6.04. The van der Waals surface area contributed by atoms with Crippen LogP contribution >= 0.6 is 0 Å². The second-order valence-corrected chi connectivity index (χ2v) is 4.14. The second-order valence-electron chi connectivity index (χ2n) is 4.14. The van der Waals surface area contributed by atoms with Gasteiger partial charge in [0, 0.05) is 32.3 Å². The fourth-order valence-corrected chi connectivity index (χ4v) is 1.57. The number of carbonyl (C=O) groups excluding carboxylic acids is 1. The molecule has 1 aromatic rings. The van der Waals surface area contributed by atoms with Crippen LogP contribution in [0.5, 0.6) is 0 Å². The van der Waals surface area contributed by atoms with Gasteiger partial charge in [0.05, 0.1) is 0 Å². The molecule has 7 nitrogen and oxygen atoms in total. The summed E-state index contributed by atoms with van der Waals surface area (Å²) in [5.41, 5.74) is 5.90. The molecule has 0 aromatic carbocycles. The van der Waals surface area contributed by atoms with E-state index in [1.54, 1.807) is 35.8 Å². The van der Waals surface area contributed by atoms with Gasteiger partial charge in [-0.15, -0.1) is 0 Å². The highest BCUT2D eigenvalue weighted by Gasteiger charge is 2.20. The summed E-state index contributed by atoms with van der Waals surface area (Å²) in [6.45, 7) is 4.60. The van der Waals surface area contributed by atoms with Crippen molar-refractivity contribution in [3.63, 3.8) is 0 Å². The molecule has 7 heteroatoms. The fourth-order valence-electron chi connectivity index (χ4n) is 1.57. The highest BCUT2D eigenvalue weighted by Crippen LogP contribution is 2.06. The lowest BCUT2D eigenvalue weighted by Gasteiger charge is -2.23. The highest BCUT2D eigenvalue weighted by atomic mass is 16.4. The van der Waals surface area contributed by atoms with Crippen LogP contribution in [0.2, 0.25) is 0 Å². The van der Waals surface area contributed by atoms with Gasteiger partial charge in [0.15, 0.2) is 0 Å². The van der Waals surface area contributed by atoms with Gasteiger partial charge in [0.1, 0.15) is 11.5 Å². The zero-order valence-corrected chi connectivity index (χ0v) is 10.9. The van der Waals surface area contributed by atoms with Crippen LogP contribution in [0.25, 0.3) is 0 Å². The summed E-state index contributed by atoms with van der Waals surface area (Å²) in [6.07, 6.45) is 1.72. The summed E-state index contributed by atoms with van der Waals surface area (Å²) in [5.74, 6) is -0.249. The van der Waals surface area contributed by atoms with Gasteiger partial charge in [0.25, 0.3) is 5.91 Å². The quantitative estimate of drug-likeness (QED) is 0.340. The lowest BCUT2D eigenvalue weighted by molar-refractivity contribution is 0.0747. The Balaban J connectivity index is 2.75. The molecule has 0 saturated heterocycles. The van der Waals surface area contributed by atoms with E-state index in [1.165, 1.54) is 0 Å². The summed E-state index contributed by atoms with van der Waals surface area (Å²) >= 11 is 0. The Morgan fingerprint density at radius 2 is 2.39 bits per heavy atom. The molecule has 0 aliphatic carbocycles. The first-order valence-corrected chi connectivity index (χ1v) is 5.75. The lowest BCUT2D eigenvalue weighted by Crippen LogP contribution is -2.39. The Hall–Kier alpha value is -2.05. The predicted molar refractivity (Wildman–Crippen MR) is 67.4 cm³/mol. The zero-order chi connectivity index (χ0) is 13.7. The molecule has 1 heterocycles. The van der Waals surface area contributed by atoms with E-state index in [-0.39, 0.29) is 17.7 Å². The minimum atomic E-state index is -0.206. The summed E-state index contributed by atoms with van der Waals surface area (Å²) in [6, 6.07) is 1.67. The van der Waals surface area contributed by atoms with Gasteiger partial charge in [-0.1, -0.05) is 12.1 Å². The van der Waals surface area contributed by atoms with E-state index in [0.29, 0.717) is 18.8 Å². The van der Waals surface area contributed by atoms with Crippen LogP contribution in [-0.2, 0) is 7.05 Å². The van der Waals surface area contributed by atoms with E-state index >= 15 is 0 Å². The van der Waals surface area contributed by atoms with Crippen molar-refractivity contribution < 1.29 is 10.0 Å². The van der Waals surface area contributed by atoms with Crippen LogP contribution in [0.15, 0.2) is 17.4 Å². The van der Waals surface area contributed by atoms with E-state index in [0.717, 1.165) is 0 Å². The summed E-state index contributed by atoms with van der Waals surface area (Å²) in [4.78, 5) is 13.8. The van der Waals surface area contributed by atoms with Crippen LogP contribution in [-0.4, -0.2) is 44.7 Å². The van der Waals surface area contributed by atoms with Gasteiger partial charge >= 0.3 is 0 Å². The summed E-state index contributed by atoms with van der Waals surface area (Å²) in [5, 5.41) is 15.6. The molecular weight excluding hydrogens is 234 g/mol. The van der Waals surface area contributed by atoms with E-state index in [4.69, 9.17) is 10.9 Å². The number of aromatic nitrogens is 2. The number of aryl methyl sites for hydroxylation is 1. The third kappa shape index (κ3) is 3.22. The van der Waals surface area contributed by atoms with Crippen molar-refractivity contribution in [3.05, 3.63) is 18.0 Å². The topological polar surface area (TPSA) is 96.7 Å². The van der Waals surface area contributed by atoms with Crippen molar-refractivity contribution in [1.29, 1.82) is 0 Å². The number of hydrogen-bond donors (Lipinski definition) is 2. The molecule has 0 aliphatic rings. The minimum Gasteiger partial charge on any atom is -0.409 e. The van der Waals surface area contributed by atoms with Gasteiger partial charge < -0.3 is 15.8 Å². The maximum Gasteiger partial charge on any atom is 0.274 e. The van der Waals surface area contributed by atoms with E-state index in [1.807, 2.05) is 6.92 Å². The Kier molecular flexibility index (Phi) is 4.70. The molecular formula is C11H19N5O2.